The molecule has 0 aliphatic rings. The molecule has 0 fully saturated rings. The molecule has 98 valence electrons. The number of rotatable bonds is 4. The SMILES string of the molecule is COc1ccc2cc(C(=O)NCC(N)=O)cnc2c1. The fraction of sp³-hybridized carbons (Fsp3) is 0.154. The second kappa shape index (κ2) is 5.34. The van der Waals surface area contributed by atoms with Gasteiger partial charge in [-0.15, -0.1) is 0 Å². The lowest BCUT2D eigenvalue weighted by molar-refractivity contribution is -0.117. The number of fused-ring (bicyclic) bond motifs is 1. The molecule has 0 spiro atoms. The van der Waals surface area contributed by atoms with Crippen molar-refractivity contribution in [3.05, 3.63) is 36.0 Å². The number of primary amides is 1. The summed E-state index contributed by atoms with van der Waals surface area (Å²) in [6.07, 6.45) is 1.44. The number of methoxy groups -OCH3 is 1. The number of hydrogen-bond donors (Lipinski definition) is 2. The molecular weight excluding hydrogens is 246 g/mol. The van der Waals surface area contributed by atoms with Crippen molar-refractivity contribution in [2.45, 2.75) is 0 Å². The summed E-state index contributed by atoms with van der Waals surface area (Å²) in [5, 5.41) is 3.22. The topological polar surface area (TPSA) is 94.3 Å². The summed E-state index contributed by atoms with van der Waals surface area (Å²) in [7, 11) is 1.58. The number of hydrogen-bond acceptors (Lipinski definition) is 4. The number of nitrogens with zero attached hydrogens (tertiary/aromatic N) is 1. The predicted octanol–water partition coefficient (Wildman–Crippen LogP) is 0.458. The first-order chi connectivity index (χ1) is 9.10. The summed E-state index contributed by atoms with van der Waals surface area (Å²) in [5.74, 6) is -0.276. The molecule has 0 saturated heterocycles. The van der Waals surface area contributed by atoms with Gasteiger partial charge in [-0.05, 0) is 18.2 Å². The van der Waals surface area contributed by atoms with E-state index in [9.17, 15) is 9.59 Å². The summed E-state index contributed by atoms with van der Waals surface area (Å²) in [5.41, 5.74) is 6.06. The third-order valence-electron chi connectivity index (χ3n) is 2.58. The van der Waals surface area contributed by atoms with Crippen LogP contribution in [0.2, 0.25) is 0 Å². The lowest BCUT2D eigenvalue weighted by Crippen LogP contribution is -2.33. The Balaban J connectivity index is 2.26. The van der Waals surface area contributed by atoms with Gasteiger partial charge in [0, 0.05) is 17.6 Å². The first-order valence-electron chi connectivity index (χ1n) is 5.60. The molecule has 1 aromatic carbocycles. The van der Waals surface area contributed by atoms with Crippen LogP contribution in [-0.4, -0.2) is 30.5 Å². The number of amides is 2. The van der Waals surface area contributed by atoms with Crippen LogP contribution in [-0.2, 0) is 4.79 Å². The summed E-state index contributed by atoms with van der Waals surface area (Å²) in [6, 6.07) is 7.07. The second-order valence-corrected chi connectivity index (χ2v) is 3.93. The Labute approximate surface area is 109 Å². The average molecular weight is 259 g/mol. The normalized spacial score (nSPS) is 10.2. The van der Waals surface area contributed by atoms with Crippen molar-refractivity contribution < 1.29 is 14.3 Å². The maximum atomic E-state index is 11.7. The van der Waals surface area contributed by atoms with Crippen molar-refractivity contribution in [1.82, 2.24) is 10.3 Å². The smallest absolute Gasteiger partial charge is 0.253 e. The first-order valence-corrected chi connectivity index (χ1v) is 5.60. The number of nitrogens with one attached hydrogen (secondary N) is 1. The summed E-state index contributed by atoms with van der Waals surface area (Å²) < 4.78 is 5.09. The van der Waals surface area contributed by atoms with E-state index in [1.807, 2.05) is 6.07 Å². The van der Waals surface area contributed by atoms with E-state index in [-0.39, 0.29) is 12.5 Å². The van der Waals surface area contributed by atoms with Crippen LogP contribution in [0.25, 0.3) is 10.9 Å². The van der Waals surface area contributed by atoms with Crippen LogP contribution < -0.4 is 15.8 Å². The minimum absolute atomic E-state index is 0.195. The van der Waals surface area contributed by atoms with Crippen LogP contribution >= 0.6 is 0 Å². The zero-order valence-electron chi connectivity index (χ0n) is 10.3. The van der Waals surface area contributed by atoms with Gasteiger partial charge in [0.2, 0.25) is 5.91 Å². The lowest BCUT2D eigenvalue weighted by Gasteiger charge is -2.05. The molecule has 0 saturated carbocycles. The van der Waals surface area contributed by atoms with E-state index in [0.29, 0.717) is 11.3 Å². The first kappa shape index (κ1) is 12.8. The van der Waals surface area contributed by atoms with E-state index in [1.54, 1.807) is 25.3 Å². The van der Waals surface area contributed by atoms with E-state index in [0.717, 1.165) is 10.9 Å². The Kier molecular flexibility index (Phi) is 3.61. The van der Waals surface area contributed by atoms with E-state index in [4.69, 9.17) is 10.5 Å². The number of aromatic nitrogens is 1. The number of pyridine rings is 1. The number of ether oxygens (including phenoxy) is 1. The van der Waals surface area contributed by atoms with Gasteiger partial charge in [-0.25, -0.2) is 0 Å². The Morgan fingerprint density at radius 2 is 2.16 bits per heavy atom. The summed E-state index contributed by atoms with van der Waals surface area (Å²) in [4.78, 5) is 26.5. The highest BCUT2D eigenvalue weighted by Crippen LogP contribution is 2.19. The number of benzene rings is 1. The largest absolute Gasteiger partial charge is 0.497 e. The van der Waals surface area contributed by atoms with Crippen LogP contribution in [0.3, 0.4) is 0 Å². The second-order valence-electron chi connectivity index (χ2n) is 3.93. The van der Waals surface area contributed by atoms with E-state index in [1.165, 1.54) is 6.20 Å². The van der Waals surface area contributed by atoms with E-state index >= 15 is 0 Å². The molecule has 1 aromatic heterocycles. The van der Waals surface area contributed by atoms with Gasteiger partial charge in [-0.3, -0.25) is 14.6 Å². The van der Waals surface area contributed by atoms with Gasteiger partial charge in [0.25, 0.3) is 5.91 Å². The highest BCUT2D eigenvalue weighted by atomic mass is 16.5. The Bertz CT molecular complexity index is 640. The maximum Gasteiger partial charge on any atom is 0.253 e. The fourth-order valence-electron chi connectivity index (χ4n) is 1.62. The van der Waals surface area contributed by atoms with Gasteiger partial charge in [0.15, 0.2) is 0 Å². The van der Waals surface area contributed by atoms with Gasteiger partial charge in [0.05, 0.1) is 24.7 Å². The molecule has 0 unspecified atom stereocenters. The number of carbonyl (C=O) groups excluding carboxylic acids is 2. The highest BCUT2D eigenvalue weighted by Gasteiger charge is 2.08. The van der Waals surface area contributed by atoms with Gasteiger partial charge >= 0.3 is 0 Å². The van der Waals surface area contributed by atoms with Crippen molar-refractivity contribution in [3.8, 4) is 5.75 Å². The average Bonchev–Trinajstić information content (AvgIpc) is 2.43. The lowest BCUT2D eigenvalue weighted by atomic mass is 10.1. The van der Waals surface area contributed by atoms with Crippen molar-refractivity contribution in [2.75, 3.05) is 13.7 Å². The molecule has 3 N–H and O–H groups in total. The molecule has 0 aliphatic carbocycles. The predicted molar refractivity (Wildman–Crippen MR) is 69.8 cm³/mol. The summed E-state index contributed by atoms with van der Waals surface area (Å²) >= 11 is 0. The van der Waals surface area contributed by atoms with Crippen LogP contribution in [0, 0.1) is 0 Å². The van der Waals surface area contributed by atoms with Crippen LogP contribution in [0.4, 0.5) is 0 Å². The molecule has 0 bridgehead atoms. The van der Waals surface area contributed by atoms with Crippen LogP contribution in [0.1, 0.15) is 10.4 Å². The third kappa shape index (κ3) is 2.98. The van der Waals surface area contributed by atoms with Gasteiger partial charge in [-0.2, -0.15) is 0 Å². The van der Waals surface area contributed by atoms with Crippen LogP contribution in [0.5, 0.6) is 5.75 Å². The molecule has 0 radical (unpaired) electrons. The monoisotopic (exact) mass is 259 g/mol. The molecule has 1 heterocycles. The Morgan fingerprint density at radius 1 is 1.37 bits per heavy atom. The molecule has 0 atom stereocenters. The zero-order chi connectivity index (χ0) is 13.8. The standard InChI is InChI=1S/C13H13N3O3/c1-19-10-3-2-8-4-9(6-15-11(8)5-10)13(18)16-7-12(14)17/h2-6H,7H2,1H3,(H2,14,17)(H,16,18). The molecule has 6 heteroatoms. The van der Waals surface area contributed by atoms with Gasteiger partial charge < -0.3 is 15.8 Å². The molecule has 6 nitrogen and oxygen atoms in total. The number of nitrogens with two attached hydrogens (primary N) is 1. The molecule has 2 aromatic rings. The Morgan fingerprint density at radius 3 is 2.84 bits per heavy atom. The minimum atomic E-state index is -0.591. The molecular formula is C13H13N3O3. The fourth-order valence-corrected chi connectivity index (χ4v) is 1.62. The highest BCUT2D eigenvalue weighted by molar-refractivity contribution is 5.98. The third-order valence-corrected chi connectivity index (χ3v) is 2.58. The van der Waals surface area contributed by atoms with Crippen molar-refractivity contribution in [1.29, 1.82) is 0 Å². The van der Waals surface area contributed by atoms with Crippen molar-refractivity contribution in [3.63, 3.8) is 0 Å². The summed E-state index contributed by atoms with van der Waals surface area (Å²) in [6.45, 7) is -0.195. The molecule has 2 rings (SSSR count). The van der Waals surface area contributed by atoms with Crippen LogP contribution in [0.15, 0.2) is 30.5 Å². The Hall–Kier alpha value is -2.63. The zero-order valence-corrected chi connectivity index (χ0v) is 10.3. The van der Waals surface area contributed by atoms with Gasteiger partial charge in [0.1, 0.15) is 5.75 Å². The van der Waals surface area contributed by atoms with E-state index in [2.05, 4.69) is 10.3 Å². The molecule has 2 amide bonds. The maximum absolute atomic E-state index is 11.7. The van der Waals surface area contributed by atoms with Gasteiger partial charge in [-0.1, -0.05) is 0 Å². The quantitative estimate of drug-likeness (QED) is 0.833. The van der Waals surface area contributed by atoms with E-state index < -0.39 is 5.91 Å². The molecule has 0 aliphatic heterocycles. The molecule has 19 heavy (non-hydrogen) atoms. The van der Waals surface area contributed by atoms with Crippen molar-refractivity contribution >= 4 is 22.7 Å². The minimum Gasteiger partial charge on any atom is -0.497 e. The number of carbonyl (C=O) groups is 2. The van der Waals surface area contributed by atoms with Crippen molar-refractivity contribution in [2.24, 2.45) is 5.73 Å².